The van der Waals surface area contributed by atoms with Crippen LogP contribution in [0.2, 0.25) is 0 Å². The van der Waals surface area contributed by atoms with Crippen LogP contribution in [0.4, 0.5) is 0 Å². The summed E-state index contributed by atoms with van der Waals surface area (Å²) in [6.07, 6.45) is 3.73. The predicted octanol–water partition coefficient (Wildman–Crippen LogP) is 0.876. The summed E-state index contributed by atoms with van der Waals surface area (Å²) < 4.78 is 5.65. The summed E-state index contributed by atoms with van der Waals surface area (Å²) in [5.41, 5.74) is 0. The maximum absolute atomic E-state index is 10.7. The molecule has 98 valence electrons. The van der Waals surface area contributed by atoms with Crippen molar-refractivity contribution in [3.63, 3.8) is 0 Å². The third kappa shape index (κ3) is 5.41. The van der Waals surface area contributed by atoms with Crippen LogP contribution in [0.1, 0.15) is 26.2 Å². The lowest BCUT2D eigenvalue weighted by molar-refractivity contribution is -0.140. The molecule has 1 fully saturated rings. The van der Waals surface area contributed by atoms with E-state index in [9.17, 15) is 9.59 Å². The van der Waals surface area contributed by atoms with E-state index in [-0.39, 0.29) is 0 Å². The van der Waals surface area contributed by atoms with Crippen LogP contribution >= 0.6 is 11.8 Å². The molecule has 1 amide bonds. The van der Waals surface area contributed by atoms with Crippen LogP contribution < -0.4 is 5.32 Å². The van der Waals surface area contributed by atoms with Gasteiger partial charge in [0.1, 0.15) is 6.04 Å². The Morgan fingerprint density at radius 2 is 2.41 bits per heavy atom. The van der Waals surface area contributed by atoms with Crippen molar-refractivity contribution in [1.29, 1.82) is 0 Å². The predicted molar refractivity (Wildman–Crippen MR) is 66.1 cm³/mol. The molecule has 1 saturated heterocycles. The fraction of sp³-hybridized carbons (Fsp3) is 0.818. The molecule has 0 aromatic rings. The van der Waals surface area contributed by atoms with E-state index in [4.69, 9.17) is 9.84 Å². The second-order valence-corrected chi connectivity index (χ2v) is 5.33. The Bertz CT molecular complexity index is 262. The molecule has 1 rings (SSSR count). The third-order valence-corrected chi connectivity index (χ3v) is 3.87. The summed E-state index contributed by atoms with van der Waals surface area (Å²) in [5, 5.41) is 11.1. The van der Waals surface area contributed by atoms with Gasteiger partial charge in [-0.1, -0.05) is 0 Å². The van der Waals surface area contributed by atoms with E-state index in [0.717, 1.165) is 18.6 Å². The third-order valence-electron chi connectivity index (χ3n) is 2.74. The Balaban J connectivity index is 2.09. The zero-order chi connectivity index (χ0) is 12.7. The van der Waals surface area contributed by atoms with Crippen LogP contribution in [0, 0.1) is 0 Å². The van der Waals surface area contributed by atoms with E-state index in [2.05, 4.69) is 12.2 Å². The first-order valence-corrected chi connectivity index (χ1v) is 6.94. The lowest BCUT2D eigenvalue weighted by atomic mass is 10.2. The van der Waals surface area contributed by atoms with Gasteiger partial charge in [0.15, 0.2) is 0 Å². The minimum absolute atomic E-state index is 0.303. The number of rotatable bonds is 8. The summed E-state index contributed by atoms with van der Waals surface area (Å²) >= 11 is 1.68. The van der Waals surface area contributed by atoms with Gasteiger partial charge in [-0.2, -0.15) is 11.8 Å². The zero-order valence-electron chi connectivity index (χ0n) is 9.93. The number of carbonyl (C=O) groups excluding carboxylic acids is 1. The smallest absolute Gasteiger partial charge is 0.326 e. The van der Waals surface area contributed by atoms with Gasteiger partial charge in [0.25, 0.3) is 0 Å². The molecule has 17 heavy (non-hydrogen) atoms. The molecule has 0 aromatic carbocycles. The molecule has 0 radical (unpaired) electrons. The second kappa shape index (κ2) is 7.55. The molecule has 1 aliphatic rings. The molecule has 0 aliphatic carbocycles. The number of thioether (sulfide) groups is 1. The highest BCUT2D eigenvalue weighted by Gasteiger charge is 2.22. The van der Waals surface area contributed by atoms with Crippen LogP contribution in [0.5, 0.6) is 0 Å². The van der Waals surface area contributed by atoms with E-state index in [0.29, 0.717) is 30.8 Å². The van der Waals surface area contributed by atoms with Gasteiger partial charge in [-0.05, 0) is 31.9 Å². The molecule has 0 aromatic heterocycles. The fourth-order valence-electron chi connectivity index (χ4n) is 1.78. The van der Waals surface area contributed by atoms with Crippen molar-refractivity contribution in [2.75, 3.05) is 11.5 Å². The van der Waals surface area contributed by atoms with Gasteiger partial charge in [-0.15, -0.1) is 0 Å². The van der Waals surface area contributed by atoms with Gasteiger partial charge in [0.2, 0.25) is 6.41 Å². The number of carbonyl (C=O) groups is 2. The topological polar surface area (TPSA) is 75.6 Å². The molecule has 1 heterocycles. The summed E-state index contributed by atoms with van der Waals surface area (Å²) in [6.45, 7) is 2.07. The molecule has 3 atom stereocenters. The average molecular weight is 261 g/mol. The Hall–Kier alpha value is -0.750. The van der Waals surface area contributed by atoms with Crippen molar-refractivity contribution in [1.82, 2.24) is 5.32 Å². The number of nitrogens with one attached hydrogen (secondary N) is 1. The molecular weight excluding hydrogens is 242 g/mol. The lowest BCUT2D eigenvalue weighted by Crippen LogP contribution is -2.36. The first-order chi connectivity index (χ1) is 8.13. The van der Waals surface area contributed by atoms with Crippen LogP contribution in [-0.4, -0.2) is 47.2 Å². The number of amides is 1. The van der Waals surface area contributed by atoms with Crippen molar-refractivity contribution in [3.8, 4) is 0 Å². The highest BCUT2D eigenvalue weighted by Crippen LogP contribution is 2.22. The van der Waals surface area contributed by atoms with E-state index in [1.165, 1.54) is 0 Å². The molecule has 3 unspecified atom stereocenters. The number of aliphatic carboxylic acids is 1. The van der Waals surface area contributed by atoms with Gasteiger partial charge >= 0.3 is 5.97 Å². The first kappa shape index (κ1) is 14.3. The van der Waals surface area contributed by atoms with Crippen LogP contribution in [0.25, 0.3) is 0 Å². The van der Waals surface area contributed by atoms with E-state index in [1.807, 2.05) is 0 Å². The van der Waals surface area contributed by atoms with Gasteiger partial charge in [-0.3, -0.25) is 4.79 Å². The highest BCUT2D eigenvalue weighted by atomic mass is 32.2. The van der Waals surface area contributed by atoms with Crippen LogP contribution in [0.15, 0.2) is 0 Å². The van der Waals surface area contributed by atoms with Crippen molar-refractivity contribution in [3.05, 3.63) is 0 Å². The van der Waals surface area contributed by atoms with Crippen molar-refractivity contribution >= 4 is 24.1 Å². The normalized spacial score (nSPS) is 25.5. The minimum Gasteiger partial charge on any atom is -0.480 e. The van der Waals surface area contributed by atoms with Crippen LogP contribution in [-0.2, 0) is 14.3 Å². The van der Waals surface area contributed by atoms with Crippen molar-refractivity contribution in [2.45, 2.75) is 44.4 Å². The summed E-state index contributed by atoms with van der Waals surface area (Å²) in [5.74, 6) is 0.632. The Kier molecular flexibility index (Phi) is 6.36. The van der Waals surface area contributed by atoms with Gasteiger partial charge in [0, 0.05) is 5.75 Å². The Morgan fingerprint density at radius 3 is 2.94 bits per heavy atom. The number of hydrogen-bond donors (Lipinski definition) is 2. The number of ether oxygens (including phenoxy) is 1. The Morgan fingerprint density at radius 1 is 1.65 bits per heavy atom. The maximum Gasteiger partial charge on any atom is 0.326 e. The largest absolute Gasteiger partial charge is 0.480 e. The standard InChI is InChI=1S/C11H19NO4S/c1-8-2-3-9(16-8)6-17-5-4-10(11(14)15)12-7-13/h7-10H,2-6H2,1H3,(H,12,13)(H,14,15). The minimum atomic E-state index is -0.983. The molecule has 2 N–H and O–H groups in total. The summed E-state index contributed by atoms with van der Waals surface area (Å²) in [6, 6.07) is -0.775. The molecule has 5 nitrogen and oxygen atoms in total. The number of carboxylic acid groups (broad SMARTS) is 1. The van der Waals surface area contributed by atoms with Crippen LogP contribution in [0.3, 0.4) is 0 Å². The molecule has 6 heteroatoms. The monoisotopic (exact) mass is 261 g/mol. The second-order valence-electron chi connectivity index (χ2n) is 4.18. The van der Waals surface area contributed by atoms with Crippen molar-refractivity contribution < 1.29 is 19.4 Å². The van der Waals surface area contributed by atoms with Gasteiger partial charge in [0.05, 0.1) is 12.2 Å². The molecule has 0 saturated carbocycles. The zero-order valence-corrected chi connectivity index (χ0v) is 10.7. The highest BCUT2D eigenvalue weighted by molar-refractivity contribution is 7.99. The SMILES string of the molecule is CC1CCC(CSCCC(NC=O)C(=O)O)O1. The average Bonchev–Trinajstić information content (AvgIpc) is 2.68. The van der Waals surface area contributed by atoms with E-state index in [1.54, 1.807) is 11.8 Å². The molecule has 0 bridgehead atoms. The summed E-state index contributed by atoms with van der Waals surface area (Å²) in [7, 11) is 0. The van der Waals surface area contributed by atoms with E-state index >= 15 is 0 Å². The van der Waals surface area contributed by atoms with E-state index < -0.39 is 12.0 Å². The lowest BCUT2D eigenvalue weighted by Gasteiger charge is -2.13. The Labute approximate surface area is 105 Å². The van der Waals surface area contributed by atoms with Gasteiger partial charge < -0.3 is 15.2 Å². The fourth-order valence-corrected chi connectivity index (χ4v) is 2.86. The molecular formula is C11H19NO4S. The number of carboxylic acids is 1. The summed E-state index contributed by atoms with van der Waals surface area (Å²) in [4.78, 5) is 20.9. The van der Waals surface area contributed by atoms with Gasteiger partial charge in [-0.25, -0.2) is 4.79 Å². The molecule has 0 spiro atoms. The maximum atomic E-state index is 10.7. The van der Waals surface area contributed by atoms with Crippen molar-refractivity contribution in [2.24, 2.45) is 0 Å². The molecule has 1 aliphatic heterocycles. The number of hydrogen-bond acceptors (Lipinski definition) is 4. The first-order valence-electron chi connectivity index (χ1n) is 5.79. The quantitative estimate of drug-likeness (QED) is 0.501.